The Morgan fingerprint density at radius 1 is 1.04 bits per heavy atom. The van der Waals surface area contributed by atoms with E-state index in [0.29, 0.717) is 18.7 Å². The van der Waals surface area contributed by atoms with Gasteiger partial charge in [-0.05, 0) is 49.6 Å². The van der Waals surface area contributed by atoms with E-state index in [9.17, 15) is 13.2 Å². The quantitative estimate of drug-likeness (QED) is 0.752. The molecule has 3 rings (SSSR count). The van der Waals surface area contributed by atoms with E-state index in [1.165, 1.54) is 28.6 Å². The van der Waals surface area contributed by atoms with Crippen LogP contribution in [0, 0.1) is 6.92 Å². The second kappa shape index (κ2) is 8.01. The molecule has 1 heterocycles. The Bertz CT molecular complexity index is 869. The number of hydrogen-bond donors (Lipinski definition) is 0. The van der Waals surface area contributed by atoms with E-state index in [1.807, 2.05) is 31.2 Å². The second-order valence-electron chi connectivity index (χ2n) is 6.55. The lowest BCUT2D eigenvalue weighted by atomic mass is 10.1. The minimum absolute atomic E-state index is 0.189. The highest BCUT2D eigenvalue weighted by molar-refractivity contribution is 7.89. The summed E-state index contributed by atoms with van der Waals surface area (Å²) in [5, 5.41) is 0. The van der Waals surface area contributed by atoms with Crippen molar-refractivity contribution in [1.82, 2.24) is 4.31 Å². The molecule has 1 aliphatic rings. The molecule has 0 aliphatic carbocycles. The zero-order valence-electron chi connectivity index (χ0n) is 14.8. The first-order valence-electron chi connectivity index (χ1n) is 8.80. The third kappa shape index (κ3) is 4.31. The number of carbonyl (C=O) groups excluding carboxylic acids is 1. The molecular weight excluding hydrogens is 350 g/mol. The zero-order chi connectivity index (χ0) is 18.6. The number of aryl methyl sites for hydroxylation is 1. The Morgan fingerprint density at radius 3 is 2.38 bits per heavy atom. The van der Waals surface area contributed by atoms with Gasteiger partial charge in [0.2, 0.25) is 10.0 Å². The van der Waals surface area contributed by atoms with Crippen molar-refractivity contribution in [3.8, 4) is 0 Å². The van der Waals surface area contributed by atoms with Crippen molar-refractivity contribution in [2.75, 3.05) is 13.1 Å². The van der Waals surface area contributed by atoms with Gasteiger partial charge in [0.05, 0.1) is 10.5 Å². The molecule has 0 saturated carbocycles. The molecule has 26 heavy (non-hydrogen) atoms. The minimum Gasteiger partial charge on any atom is -0.457 e. The average Bonchev–Trinajstić information content (AvgIpc) is 2.67. The van der Waals surface area contributed by atoms with Crippen LogP contribution in [0.3, 0.4) is 0 Å². The molecule has 1 saturated heterocycles. The summed E-state index contributed by atoms with van der Waals surface area (Å²) in [4.78, 5) is 12.4. The fourth-order valence-electron chi connectivity index (χ4n) is 3.05. The molecule has 0 amide bonds. The van der Waals surface area contributed by atoms with Crippen LogP contribution in [0.25, 0.3) is 0 Å². The summed E-state index contributed by atoms with van der Waals surface area (Å²) < 4.78 is 32.1. The summed E-state index contributed by atoms with van der Waals surface area (Å²) >= 11 is 0. The number of rotatable bonds is 5. The van der Waals surface area contributed by atoms with Gasteiger partial charge in [0, 0.05) is 13.1 Å². The predicted molar refractivity (Wildman–Crippen MR) is 99.4 cm³/mol. The lowest BCUT2D eigenvalue weighted by Crippen LogP contribution is -2.35. The summed E-state index contributed by atoms with van der Waals surface area (Å²) in [6.45, 7) is 3.28. The monoisotopic (exact) mass is 373 g/mol. The first-order valence-corrected chi connectivity index (χ1v) is 10.2. The van der Waals surface area contributed by atoms with Gasteiger partial charge in [0.1, 0.15) is 6.61 Å². The normalized spacial score (nSPS) is 15.6. The van der Waals surface area contributed by atoms with Crippen molar-refractivity contribution in [2.24, 2.45) is 0 Å². The van der Waals surface area contributed by atoms with Gasteiger partial charge in [-0.2, -0.15) is 4.31 Å². The van der Waals surface area contributed by atoms with Crippen molar-refractivity contribution in [1.29, 1.82) is 0 Å². The predicted octanol–water partition coefficient (Wildman–Crippen LogP) is 3.53. The standard InChI is InChI=1S/C20H23NO4S/c1-16-6-5-7-17(14-16)15-25-20(22)18-8-10-19(11-9-18)26(23,24)21-12-3-2-4-13-21/h5-11,14H,2-4,12-13,15H2,1H3. The molecule has 6 heteroatoms. The van der Waals surface area contributed by atoms with E-state index in [1.54, 1.807) is 0 Å². The molecule has 0 bridgehead atoms. The Kier molecular flexibility index (Phi) is 5.74. The van der Waals surface area contributed by atoms with Gasteiger partial charge in [-0.25, -0.2) is 13.2 Å². The first kappa shape index (κ1) is 18.6. The van der Waals surface area contributed by atoms with Crippen LogP contribution in [-0.2, 0) is 21.4 Å². The van der Waals surface area contributed by atoms with E-state index in [-0.39, 0.29) is 11.5 Å². The van der Waals surface area contributed by atoms with Crippen molar-refractivity contribution in [3.05, 3.63) is 65.2 Å². The summed E-state index contributed by atoms with van der Waals surface area (Å²) in [6.07, 6.45) is 2.85. The van der Waals surface area contributed by atoms with Gasteiger partial charge >= 0.3 is 5.97 Å². The van der Waals surface area contributed by atoms with Gasteiger partial charge in [0.15, 0.2) is 0 Å². The van der Waals surface area contributed by atoms with E-state index >= 15 is 0 Å². The van der Waals surface area contributed by atoms with Crippen LogP contribution in [0.5, 0.6) is 0 Å². The molecule has 1 fully saturated rings. The van der Waals surface area contributed by atoms with Crippen molar-refractivity contribution in [2.45, 2.75) is 37.7 Å². The number of sulfonamides is 1. The van der Waals surface area contributed by atoms with Crippen LogP contribution in [0.4, 0.5) is 0 Å². The highest BCUT2D eigenvalue weighted by Crippen LogP contribution is 2.21. The minimum atomic E-state index is -3.48. The van der Waals surface area contributed by atoms with Crippen LogP contribution in [0.2, 0.25) is 0 Å². The largest absolute Gasteiger partial charge is 0.457 e. The molecule has 0 spiro atoms. The number of piperidine rings is 1. The van der Waals surface area contributed by atoms with Crippen molar-refractivity contribution in [3.63, 3.8) is 0 Å². The molecule has 1 aliphatic heterocycles. The number of hydrogen-bond acceptors (Lipinski definition) is 4. The fourth-order valence-corrected chi connectivity index (χ4v) is 4.57. The van der Waals surface area contributed by atoms with E-state index in [2.05, 4.69) is 0 Å². The molecule has 0 aromatic heterocycles. The molecule has 138 valence electrons. The van der Waals surface area contributed by atoms with Crippen LogP contribution < -0.4 is 0 Å². The van der Waals surface area contributed by atoms with Crippen LogP contribution in [0.1, 0.15) is 40.7 Å². The number of carbonyl (C=O) groups is 1. The lowest BCUT2D eigenvalue weighted by molar-refractivity contribution is 0.0472. The van der Waals surface area contributed by atoms with Crippen LogP contribution in [-0.4, -0.2) is 31.8 Å². The van der Waals surface area contributed by atoms with Crippen LogP contribution >= 0.6 is 0 Å². The topological polar surface area (TPSA) is 63.7 Å². The highest BCUT2D eigenvalue weighted by atomic mass is 32.2. The molecule has 2 aromatic rings. The maximum Gasteiger partial charge on any atom is 0.338 e. The molecule has 0 N–H and O–H groups in total. The lowest BCUT2D eigenvalue weighted by Gasteiger charge is -2.25. The number of ether oxygens (including phenoxy) is 1. The fraction of sp³-hybridized carbons (Fsp3) is 0.350. The van der Waals surface area contributed by atoms with Crippen LogP contribution in [0.15, 0.2) is 53.4 Å². The van der Waals surface area contributed by atoms with E-state index in [0.717, 1.165) is 30.4 Å². The maximum absolute atomic E-state index is 12.6. The number of esters is 1. The summed E-state index contributed by atoms with van der Waals surface area (Å²) in [5.74, 6) is -0.464. The highest BCUT2D eigenvalue weighted by Gasteiger charge is 2.26. The zero-order valence-corrected chi connectivity index (χ0v) is 15.7. The Labute approximate surface area is 154 Å². The average molecular weight is 373 g/mol. The maximum atomic E-state index is 12.6. The Balaban J connectivity index is 1.65. The second-order valence-corrected chi connectivity index (χ2v) is 8.49. The summed E-state index contributed by atoms with van der Waals surface area (Å²) in [5.41, 5.74) is 2.36. The molecule has 0 unspecified atom stereocenters. The smallest absolute Gasteiger partial charge is 0.338 e. The third-order valence-electron chi connectivity index (χ3n) is 4.50. The number of benzene rings is 2. The molecule has 0 atom stereocenters. The SMILES string of the molecule is Cc1cccc(COC(=O)c2ccc(S(=O)(=O)N3CCCCC3)cc2)c1. The number of nitrogens with zero attached hydrogens (tertiary/aromatic N) is 1. The molecular formula is C20H23NO4S. The van der Waals surface area contributed by atoms with Gasteiger partial charge < -0.3 is 4.74 Å². The molecule has 0 radical (unpaired) electrons. The Hall–Kier alpha value is -2.18. The van der Waals surface area contributed by atoms with Crippen molar-refractivity contribution >= 4 is 16.0 Å². The van der Waals surface area contributed by atoms with Gasteiger partial charge in [0.25, 0.3) is 0 Å². The summed E-state index contributed by atoms with van der Waals surface area (Å²) in [7, 11) is -3.48. The summed E-state index contributed by atoms with van der Waals surface area (Å²) in [6, 6.07) is 13.7. The van der Waals surface area contributed by atoms with Gasteiger partial charge in [-0.15, -0.1) is 0 Å². The Morgan fingerprint density at radius 2 is 1.73 bits per heavy atom. The van der Waals surface area contributed by atoms with E-state index in [4.69, 9.17) is 4.74 Å². The van der Waals surface area contributed by atoms with E-state index < -0.39 is 16.0 Å². The molecule has 2 aromatic carbocycles. The molecule has 5 nitrogen and oxygen atoms in total. The van der Waals surface area contributed by atoms with Gasteiger partial charge in [-0.3, -0.25) is 0 Å². The van der Waals surface area contributed by atoms with Crippen molar-refractivity contribution < 1.29 is 17.9 Å². The van der Waals surface area contributed by atoms with Gasteiger partial charge in [-0.1, -0.05) is 36.2 Å². The first-order chi connectivity index (χ1) is 12.5. The third-order valence-corrected chi connectivity index (χ3v) is 6.41.